The molecule has 1 aliphatic heterocycles. The summed E-state index contributed by atoms with van der Waals surface area (Å²) in [5, 5.41) is 2.82. The molecule has 1 aliphatic rings. The summed E-state index contributed by atoms with van der Waals surface area (Å²) in [6.07, 6.45) is 1.36. The van der Waals surface area contributed by atoms with Crippen molar-refractivity contribution in [3.63, 3.8) is 0 Å². The van der Waals surface area contributed by atoms with Gasteiger partial charge in [-0.3, -0.25) is 4.79 Å². The number of nitrogens with one attached hydrogen (secondary N) is 1. The Morgan fingerprint density at radius 3 is 3.07 bits per heavy atom. The predicted molar refractivity (Wildman–Crippen MR) is 55.9 cm³/mol. The summed E-state index contributed by atoms with van der Waals surface area (Å²) in [4.78, 5) is 11.2. The minimum absolute atomic E-state index is 0.0615. The van der Waals surface area contributed by atoms with Crippen molar-refractivity contribution in [2.45, 2.75) is 12.8 Å². The molecule has 4 nitrogen and oxygen atoms in total. The van der Waals surface area contributed by atoms with Gasteiger partial charge in [-0.15, -0.1) is 0 Å². The number of anilines is 1. The summed E-state index contributed by atoms with van der Waals surface area (Å²) in [5.74, 6) is 0.768. The van der Waals surface area contributed by atoms with E-state index in [1.165, 1.54) is 0 Å². The van der Waals surface area contributed by atoms with Gasteiger partial charge in [-0.2, -0.15) is 0 Å². The van der Waals surface area contributed by atoms with Crippen molar-refractivity contribution < 1.29 is 14.3 Å². The van der Waals surface area contributed by atoms with E-state index >= 15 is 0 Å². The zero-order valence-corrected chi connectivity index (χ0v) is 8.58. The molecule has 15 heavy (non-hydrogen) atoms. The van der Waals surface area contributed by atoms with E-state index in [0.717, 1.165) is 17.7 Å². The van der Waals surface area contributed by atoms with E-state index in [1.54, 1.807) is 7.11 Å². The van der Waals surface area contributed by atoms with Crippen LogP contribution >= 0.6 is 0 Å². The number of hydrogen-bond acceptors (Lipinski definition) is 3. The molecule has 0 aliphatic carbocycles. The molecule has 1 heterocycles. The zero-order valence-electron chi connectivity index (χ0n) is 8.58. The predicted octanol–water partition coefficient (Wildman–Crippen LogP) is 1.55. The Balaban J connectivity index is 2.17. The molecule has 0 spiro atoms. The van der Waals surface area contributed by atoms with Crippen molar-refractivity contribution in [1.82, 2.24) is 0 Å². The quantitative estimate of drug-likeness (QED) is 0.765. The van der Waals surface area contributed by atoms with Gasteiger partial charge in [-0.1, -0.05) is 6.07 Å². The van der Waals surface area contributed by atoms with E-state index in [4.69, 9.17) is 9.47 Å². The molecule has 1 aromatic carbocycles. The van der Waals surface area contributed by atoms with Crippen LogP contribution in [0.15, 0.2) is 18.2 Å². The molecule has 80 valence electrons. The second-order valence-electron chi connectivity index (χ2n) is 3.42. The molecule has 1 amide bonds. The topological polar surface area (TPSA) is 47.6 Å². The van der Waals surface area contributed by atoms with Gasteiger partial charge in [-0.05, 0) is 18.1 Å². The zero-order chi connectivity index (χ0) is 10.7. The van der Waals surface area contributed by atoms with Gasteiger partial charge in [0.15, 0.2) is 6.79 Å². The number of aryl methyl sites for hydroxylation is 1. The van der Waals surface area contributed by atoms with Crippen LogP contribution in [0.4, 0.5) is 5.69 Å². The number of carbonyl (C=O) groups excluding carboxylic acids is 1. The first-order valence-electron chi connectivity index (χ1n) is 4.84. The van der Waals surface area contributed by atoms with Crippen LogP contribution in [0.25, 0.3) is 0 Å². The molecular formula is C11H13NO3. The third kappa shape index (κ3) is 2.27. The van der Waals surface area contributed by atoms with Crippen LogP contribution in [0.2, 0.25) is 0 Å². The molecule has 0 atom stereocenters. The summed E-state index contributed by atoms with van der Waals surface area (Å²) in [7, 11) is 1.57. The third-order valence-electron chi connectivity index (χ3n) is 2.32. The Kier molecular flexibility index (Phi) is 2.87. The first kappa shape index (κ1) is 9.98. The normalized spacial score (nSPS) is 14.3. The van der Waals surface area contributed by atoms with Crippen molar-refractivity contribution in [3.05, 3.63) is 23.8 Å². The van der Waals surface area contributed by atoms with E-state index in [-0.39, 0.29) is 12.7 Å². The molecule has 2 rings (SSSR count). The summed E-state index contributed by atoms with van der Waals surface area (Å²) < 4.78 is 10.1. The average Bonchev–Trinajstić information content (AvgIpc) is 2.25. The van der Waals surface area contributed by atoms with Gasteiger partial charge >= 0.3 is 0 Å². The van der Waals surface area contributed by atoms with Gasteiger partial charge in [0.2, 0.25) is 5.91 Å². The molecule has 1 aromatic rings. The lowest BCUT2D eigenvalue weighted by Crippen LogP contribution is -2.18. The molecule has 0 saturated carbocycles. The number of rotatable bonds is 3. The number of fused-ring (bicyclic) bond motifs is 1. The highest BCUT2D eigenvalue weighted by Gasteiger charge is 2.14. The summed E-state index contributed by atoms with van der Waals surface area (Å²) in [5.41, 5.74) is 2.00. The van der Waals surface area contributed by atoms with Crippen molar-refractivity contribution in [1.29, 1.82) is 0 Å². The Labute approximate surface area is 88.2 Å². The SMILES string of the molecule is COCOc1ccc2c(c1)NC(=O)CC2. The monoisotopic (exact) mass is 207 g/mol. The third-order valence-corrected chi connectivity index (χ3v) is 2.32. The van der Waals surface area contributed by atoms with E-state index < -0.39 is 0 Å². The van der Waals surface area contributed by atoms with Gasteiger partial charge < -0.3 is 14.8 Å². The molecule has 0 unspecified atom stereocenters. The number of ether oxygens (including phenoxy) is 2. The van der Waals surface area contributed by atoms with Crippen molar-refractivity contribution in [2.75, 3.05) is 19.2 Å². The van der Waals surface area contributed by atoms with Crippen LogP contribution in [0, 0.1) is 0 Å². The van der Waals surface area contributed by atoms with Gasteiger partial charge in [0.05, 0.1) is 0 Å². The van der Waals surface area contributed by atoms with E-state index in [2.05, 4.69) is 5.32 Å². The maximum Gasteiger partial charge on any atom is 0.224 e. The average molecular weight is 207 g/mol. The second-order valence-corrected chi connectivity index (χ2v) is 3.42. The van der Waals surface area contributed by atoms with Crippen LogP contribution in [-0.2, 0) is 16.0 Å². The molecule has 0 radical (unpaired) electrons. The van der Waals surface area contributed by atoms with Crippen LogP contribution < -0.4 is 10.1 Å². The highest BCUT2D eigenvalue weighted by Crippen LogP contribution is 2.26. The first-order chi connectivity index (χ1) is 7.29. The van der Waals surface area contributed by atoms with E-state index in [9.17, 15) is 4.79 Å². The van der Waals surface area contributed by atoms with E-state index in [0.29, 0.717) is 12.2 Å². The smallest absolute Gasteiger partial charge is 0.224 e. The summed E-state index contributed by atoms with van der Waals surface area (Å²) >= 11 is 0. The summed E-state index contributed by atoms with van der Waals surface area (Å²) in [6.45, 7) is 0.215. The number of hydrogen-bond donors (Lipinski definition) is 1. The lowest BCUT2D eigenvalue weighted by atomic mass is 10.0. The fourth-order valence-electron chi connectivity index (χ4n) is 1.57. The number of carbonyl (C=O) groups is 1. The minimum Gasteiger partial charge on any atom is -0.467 e. The highest BCUT2D eigenvalue weighted by molar-refractivity contribution is 5.94. The molecule has 0 saturated heterocycles. The largest absolute Gasteiger partial charge is 0.467 e. The Morgan fingerprint density at radius 1 is 1.40 bits per heavy atom. The van der Waals surface area contributed by atoms with Crippen LogP contribution in [0.1, 0.15) is 12.0 Å². The van der Waals surface area contributed by atoms with Gasteiger partial charge in [0.1, 0.15) is 5.75 Å². The molecule has 1 N–H and O–H groups in total. The summed E-state index contributed by atoms with van der Waals surface area (Å²) in [6, 6.07) is 5.68. The Bertz CT molecular complexity index is 376. The van der Waals surface area contributed by atoms with Crippen molar-refractivity contribution in [2.24, 2.45) is 0 Å². The molecule has 4 heteroatoms. The molecular weight excluding hydrogens is 194 g/mol. The van der Waals surface area contributed by atoms with E-state index in [1.807, 2.05) is 18.2 Å². The molecule has 0 bridgehead atoms. The van der Waals surface area contributed by atoms with Crippen molar-refractivity contribution in [3.8, 4) is 5.75 Å². The first-order valence-corrected chi connectivity index (χ1v) is 4.84. The second kappa shape index (κ2) is 4.31. The molecule has 0 aromatic heterocycles. The maximum absolute atomic E-state index is 11.2. The highest BCUT2D eigenvalue weighted by atomic mass is 16.7. The van der Waals surface area contributed by atoms with Crippen LogP contribution in [0.5, 0.6) is 5.75 Å². The van der Waals surface area contributed by atoms with Gasteiger partial charge in [-0.25, -0.2) is 0 Å². The van der Waals surface area contributed by atoms with Gasteiger partial charge in [0.25, 0.3) is 0 Å². The van der Waals surface area contributed by atoms with Crippen LogP contribution in [-0.4, -0.2) is 19.8 Å². The molecule has 0 fully saturated rings. The minimum atomic E-state index is 0.0615. The lowest BCUT2D eigenvalue weighted by molar-refractivity contribution is -0.116. The number of amides is 1. The maximum atomic E-state index is 11.2. The Hall–Kier alpha value is -1.55. The van der Waals surface area contributed by atoms with Crippen molar-refractivity contribution >= 4 is 11.6 Å². The standard InChI is InChI=1S/C11H13NO3/c1-14-7-15-9-4-2-8-3-5-11(13)12-10(8)6-9/h2,4,6H,3,5,7H2,1H3,(H,12,13). The fourth-order valence-corrected chi connectivity index (χ4v) is 1.57. The van der Waals surface area contributed by atoms with Crippen LogP contribution in [0.3, 0.4) is 0 Å². The number of methoxy groups -OCH3 is 1. The lowest BCUT2D eigenvalue weighted by Gasteiger charge is -2.17. The van der Waals surface area contributed by atoms with Gasteiger partial charge in [0, 0.05) is 25.3 Å². The fraction of sp³-hybridized carbons (Fsp3) is 0.364. The Morgan fingerprint density at radius 2 is 2.27 bits per heavy atom. The number of benzene rings is 1.